The number of sulfonamides is 1. The number of rotatable bonds is 8. The minimum Gasteiger partial charge on any atom is -0.355 e. The molecule has 2 rings (SSSR count). The predicted octanol–water partition coefficient (Wildman–Crippen LogP) is 2.17. The topological polar surface area (TPSA) is 101 Å². The summed E-state index contributed by atoms with van der Waals surface area (Å²) in [4.78, 5) is 12.1. The summed E-state index contributed by atoms with van der Waals surface area (Å²) in [7, 11) is -3.69. The largest absolute Gasteiger partial charge is 0.355 e. The van der Waals surface area contributed by atoms with Crippen LogP contribution in [0.2, 0.25) is 5.02 Å². The van der Waals surface area contributed by atoms with Gasteiger partial charge in [-0.05, 0) is 55.7 Å². The second-order valence-corrected chi connectivity index (χ2v) is 8.77. The first-order valence-corrected chi connectivity index (χ1v) is 10.4. The van der Waals surface area contributed by atoms with Crippen LogP contribution in [0.3, 0.4) is 0 Å². The fourth-order valence-electron chi connectivity index (χ4n) is 2.52. The molecule has 0 heterocycles. The molecule has 0 aliphatic carbocycles. The number of benzene rings is 2. The first-order valence-electron chi connectivity index (χ1n) is 8.47. The Hall–Kier alpha value is -1.93. The van der Waals surface area contributed by atoms with E-state index >= 15 is 0 Å². The van der Waals surface area contributed by atoms with Crippen LogP contribution in [0.5, 0.6) is 0 Å². The van der Waals surface area contributed by atoms with Gasteiger partial charge in [0, 0.05) is 17.1 Å². The molecule has 27 heavy (non-hydrogen) atoms. The van der Waals surface area contributed by atoms with E-state index in [9.17, 15) is 13.2 Å². The molecular formula is C19H24ClN3O3S. The lowest BCUT2D eigenvalue weighted by Gasteiger charge is -2.27. The van der Waals surface area contributed by atoms with Gasteiger partial charge in [-0.15, -0.1) is 0 Å². The van der Waals surface area contributed by atoms with Gasteiger partial charge >= 0.3 is 0 Å². The molecule has 1 amide bonds. The van der Waals surface area contributed by atoms with Crippen molar-refractivity contribution in [3.8, 4) is 0 Å². The number of nitrogens with two attached hydrogens (primary N) is 1. The van der Waals surface area contributed by atoms with Crippen LogP contribution in [0.15, 0.2) is 53.4 Å². The Balaban J connectivity index is 1.78. The van der Waals surface area contributed by atoms with Crippen LogP contribution in [0, 0.1) is 0 Å². The average Bonchev–Trinajstić information content (AvgIpc) is 2.60. The molecule has 2 aromatic rings. The van der Waals surface area contributed by atoms with Gasteiger partial charge in [0.05, 0.1) is 11.4 Å². The van der Waals surface area contributed by atoms with Crippen molar-refractivity contribution in [3.63, 3.8) is 0 Å². The number of primary sulfonamides is 1. The van der Waals surface area contributed by atoms with E-state index in [0.717, 1.165) is 11.1 Å². The third kappa shape index (κ3) is 6.62. The van der Waals surface area contributed by atoms with Gasteiger partial charge in [-0.2, -0.15) is 0 Å². The average molecular weight is 410 g/mol. The number of carbonyl (C=O) groups is 1. The van der Waals surface area contributed by atoms with Crippen molar-refractivity contribution in [2.24, 2.45) is 5.14 Å². The first kappa shape index (κ1) is 21.4. The molecule has 6 nitrogen and oxygen atoms in total. The van der Waals surface area contributed by atoms with Crippen molar-refractivity contribution in [1.29, 1.82) is 0 Å². The zero-order valence-corrected chi connectivity index (χ0v) is 16.9. The highest BCUT2D eigenvalue weighted by Crippen LogP contribution is 2.21. The lowest BCUT2D eigenvalue weighted by Crippen LogP contribution is -2.43. The Labute approximate surface area is 165 Å². The van der Waals surface area contributed by atoms with Gasteiger partial charge < -0.3 is 5.32 Å². The quantitative estimate of drug-likeness (QED) is 0.621. The smallest absolute Gasteiger partial charge is 0.238 e. The standard InChI is InChI=1S/C19H24ClN3O3S/c1-19(2,15-5-7-16(20)8-6-15)23-13-18(24)22-12-11-14-3-9-17(10-4-14)27(21,25)26/h3-10,23H,11-13H2,1-2H3,(H,22,24)(H2,21,25,26). The summed E-state index contributed by atoms with van der Waals surface area (Å²) in [6.45, 7) is 4.63. The van der Waals surface area contributed by atoms with Gasteiger partial charge in [0.25, 0.3) is 0 Å². The number of halogens is 1. The van der Waals surface area contributed by atoms with Crippen LogP contribution in [-0.4, -0.2) is 27.4 Å². The number of amides is 1. The van der Waals surface area contributed by atoms with Crippen LogP contribution < -0.4 is 15.8 Å². The van der Waals surface area contributed by atoms with Gasteiger partial charge in [-0.25, -0.2) is 13.6 Å². The predicted molar refractivity (Wildman–Crippen MR) is 107 cm³/mol. The van der Waals surface area contributed by atoms with Crippen LogP contribution in [0.25, 0.3) is 0 Å². The van der Waals surface area contributed by atoms with E-state index in [4.69, 9.17) is 16.7 Å². The van der Waals surface area contributed by atoms with Crippen molar-refractivity contribution in [3.05, 3.63) is 64.7 Å². The lowest BCUT2D eigenvalue weighted by atomic mass is 9.94. The molecule has 0 atom stereocenters. The van der Waals surface area contributed by atoms with Crippen LogP contribution in [0.1, 0.15) is 25.0 Å². The SMILES string of the molecule is CC(C)(NCC(=O)NCCc1ccc(S(N)(=O)=O)cc1)c1ccc(Cl)cc1. The molecule has 2 aromatic carbocycles. The van der Waals surface area contributed by atoms with Crippen molar-refractivity contribution in [2.45, 2.75) is 30.7 Å². The van der Waals surface area contributed by atoms with E-state index in [2.05, 4.69) is 10.6 Å². The Morgan fingerprint density at radius 1 is 1.07 bits per heavy atom. The Bertz CT molecular complexity index is 879. The Morgan fingerprint density at radius 3 is 2.22 bits per heavy atom. The summed E-state index contributed by atoms with van der Waals surface area (Å²) < 4.78 is 22.5. The van der Waals surface area contributed by atoms with Gasteiger partial charge in [0.2, 0.25) is 15.9 Å². The van der Waals surface area contributed by atoms with Gasteiger partial charge in [0.1, 0.15) is 0 Å². The highest BCUT2D eigenvalue weighted by molar-refractivity contribution is 7.89. The van der Waals surface area contributed by atoms with Crippen LogP contribution >= 0.6 is 11.6 Å². The van der Waals surface area contributed by atoms with E-state index in [0.29, 0.717) is 18.0 Å². The van der Waals surface area contributed by atoms with Crippen molar-refractivity contribution >= 4 is 27.5 Å². The fourth-order valence-corrected chi connectivity index (χ4v) is 3.17. The minimum atomic E-state index is -3.69. The normalized spacial score (nSPS) is 12.0. The molecule has 0 radical (unpaired) electrons. The van der Waals surface area contributed by atoms with Gasteiger partial charge in [0.15, 0.2) is 0 Å². The highest BCUT2D eigenvalue weighted by atomic mass is 35.5. The third-order valence-electron chi connectivity index (χ3n) is 4.24. The molecule has 4 N–H and O–H groups in total. The molecule has 0 fully saturated rings. The van der Waals surface area contributed by atoms with Crippen molar-refractivity contribution < 1.29 is 13.2 Å². The summed E-state index contributed by atoms with van der Waals surface area (Å²) in [5, 5.41) is 11.8. The second-order valence-electron chi connectivity index (χ2n) is 6.77. The van der Waals surface area contributed by atoms with E-state index in [1.165, 1.54) is 12.1 Å². The van der Waals surface area contributed by atoms with Crippen LogP contribution in [0.4, 0.5) is 0 Å². The molecule has 0 spiro atoms. The molecule has 0 bridgehead atoms. The molecule has 0 aliphatic heterocycles. The molecule has 0 aromatic heterocycles. The highest BCUT2D eigenvalue weighted by Gasteiger charge is 2.20. The molecule has 8 heteroatoms. The number of hydrogen-bond acceptors (Lipinski definition) is 4. The second kappa shape index (κ2) is 8.84. The van der Waals surface area contributed by atoms with Gasteiger partial charge in [-0.3, -0.25) is 10.1 Å². The third-order valence-corrected chi connectivity index (χ3v) is 5.43. The Kier molecular flexibility index (Phi) is 7.00. The van der Waals surface area contributed by atoms with E-state index in [1.54, 1.807) is 12.1 Å². The van der Waals surface area contributed by atoms with E-state index in [1.807, 2.05) is 38.1 Å². The summed E-state index contributed by atoms with van der Waals surface area (Å²) >= 11 is 5.91. The summed E-state index contributed by atoms with van der Waals surface area (Å²) in [6.07, 6.45) is 0.594. The maximum atomic E-state index is 12.1. The molecule has 146 valence electrons. The molecule has 0 saturated heterocycles. The summed E-state index contributed by atoms with van der Waals surface area (Å²) in [5.41, 5.74) is 1.58. The van der Waals surface area contributed by atoms with E-state index < -0.39 is 10.0 Å². The number of nitrogens with one attached hydrogen (secondary N) is 2. The number of carbonyl (C=O) groups excluding carboxylic acids is 1. The monoisotopic (exact) mass is 409 g/mol. The maximum Gasteiger partial charge on any atom is 0.238 e. The molecule has 0 aliphatic rings. The molecular weight excluding hydrogens is 386 g/mol. The number of hydrogen-bond donors (Lipinski definition) is 3. The van der Waals surface area contributed by atoms with Crippen molar-refractivity contribution in [1.82, 2.24) is 10.6 Å². The maximum absolute atomic E-state index is 12.1. The summed E-state index contributed by atoms with van der Waals surface area (Å²) in [6, 6.07) is 13.8. The molecule has 0 unspecified atom stereocenters. The van der Waals surface area contributed by atoms with Crippen molar-refractivity contribution in [2.75, 3.05) is 13.1 Å². The fraction of sp³-hybridized carbons (Fsp3) is 0.316. The summed E-state index contributed by atoms with van der Waals surface area (Å²) in [5.74, 6) is -0.113. The van der Waals surface area contributed by atoms with Crippen LogP contribution in [-0.2, 0) is 26.8 Å². The zero-order valence-electron chi connectivity index (χ0n) is 15.3. The van der Waals surface area contributed by atoms with Gasteiger partial charge in [-0.1, -0.05) is 35.9 Å². The molecule has 0 saturated carbocycles. The zero-order chi connectivity index (χ0) is 20.1. The lowest BCUT2D eigenvalue weighted by molar-refractivity contribution is -0.120. The first-order chi connectivity index (χ1) is 12.6. The van der Waals surface area contributed by atoms with E-state index in [-0.39, 0.29) is 22.9 Å². The Morgan fingerprint density at radius 2 is 1.67 bits per heavy atom. The minimum absolute atomic E-state index is 0.0731.